The van der Waals surface area contributed by atoms with Crippen molar-refractivity contribution in [3.63, 3.8) is 0 Å². The van der Waals surface area contributed by atoms with Gasteiger partial charge < -0.3 is 19.1 Å². The van der Waals surface area contributed by atoms with Crippen LogP contribution < -0.4 is 14.2 Å². The van der Waals surface area contributed by atoms with Gasteiger partial charge in [0, 0.05) is 23.2 Å². The van der Waals surface area contributed by atoms with Crippen molar-refractivity contribution in [3.8, 4) is 28.4 Å². The lowest BCUT2D eigenvalue weighted by Gasteiger charge is -2.23. The van der Waals surface area contributed by atoms with E-state index in [9.17, 15) is 4.79 Å². The van der Waals surface area contributed by atoms with E-state index >= 15 is 0 Å². The van der Waals surface area contributed by atoms with Crippen LogP contribution in [0.1, 0.15) is 28.4 Å². The fourth-order valence-corrected chi connectivity index (χ4v) is 3.78. The van der Waals surface area contributed by atoms with Crippen LogP contribution in [0.2, 0.25) is 0 Å². The zero-order chi connectivity index (χ0) is 26.2. The Labute approximate surface area is 214 Å². The minimum Gasteiger partial charge on any atom is -0.497 e. The van der Waals surface area contributed by atoms with Crippen molar-refractivity contribution < 1.29 is 19.0 Å². The summed E-state index contributed by atoms with van der Waals surface area (Å²) >= 11 is 0. The lowest BCUT2D eigenvalue weighted by atomic mass is 9.99. The summed E-state index contributed by atoms with van der Waals surface area (Å²) in [6.07, 6.45) is 3.29. The number of allylic oxidation sites excluding steroid dienone is 1. The van der Waals surface area contributed by atoms with Crippen LogP contribution in [0.4, 0.5) is 0 Å². The predicted octanol–water partition coefficient (Wildman–Crippen LogP) is 5.61. The van der Waals surface area contributed by atoms with Crippen LogP contribution in [-0.2, 0) is 6.54 Å². The van der Waals surface area contributed by atoms with Gasteiger partial charge in [-0.3, -0.25) is 9.69 Å². The highest BCUT2D eigenvalue weighted by Gasteiger charge is 2.14. The lowest BCUT2D eigenvalue weighted by molar-refractivity contribution is 0.0813. The Morgan fingerprint density at radius 2 is 1.64 bits per heavy atom. The molecule has 3 rings (SSSR count). The molecule has 0 radical (unpaired) electrons. The van der Waals surface area contributed by atoms with Crippen LogP contribution in [-0.4, -0.2) is 64.2 Å². The monoisotopic (exact) mass is 488 g/mol. The molecule has 0 aliphatic heterocycles. The number of nitrogens with zero attached hydrogens (tertiary/aromatic N) is 2. The fraction of sp³-hybridized carbons (Fsp3) is 0.300. The molecule has 0 N–H and O–H groups in total. The molecule has 6 nitrogen and oxygen atoms in total. The summed E-state index contributed by atoms with van der Waals surface area (Å²) in [6, 6.07) is 19.3. The van der Waals surface area contributed by atoms with Crippen LogP contribution in [0.3, 0.4) is 0 Å². The average Bonchev–Trinajstić information content (AvgIpc) is 2.87. The van der Waals surface area contributed by atoms with Gasteiger partial charge in [0.15, 0.2) is 5.78 Å². The lowest BCUT2D eigenvalue weighted by Crippen LogP contribution is -2.30. The van der Waals surface area contributed by atoms with Crippen LogP contribution in [0, 0.1) is 0 Å². The van der Waals surface area contributed by atoms with Gasteiger partial charge in [0.25, 0.3) is 0 Å². The van der Waals surface area contributed by atoms with E-state index < -0.39 is 0 Å². The topological polar surface area (TPSA) is 51.2 Å². The first-order chi connectivity index (χ1) is 17.2. The van der Waals surface area contributed by atoms with Gasteiger partial charge in [-0.25, -0.2) is 0 Å². The van der Waals surface area contributed by atoms with Crippen molar-refractivity contribution >= 4 is 11.9 Å². The van der Waals surface area contributed by atoms with E-state index in [0.717, 1.165) is 33.8 Å². The summed E-state index contributed by atoms with van der Waals surface area (Å²) in [5, 5.41) is 0. The van der Waals surface area contributed by atoms with Gasteiger partial charge in [-0.1, -0.05) is 30.3 Å². The molecule has 0 heterocycles. The number of ketones is 1. The standard InChI is InChI=1S/C30H36N2O4/c1-21(32(4)5)36-29-16-13-22(27-19-25(34-6)14-17-30(27)35-7)18-23(29)12-15-28(33)26-11-9-8-10-24(26)20-31(2)3/h8-19,21H,20H2,1-7H3. The molecule has 6 heteroatoms. The number of benzene rings is 3. The van der Waals surface area contributed by atoms with E-state index in [0.29, 0.717) is 17.9 Å². The number of ether oxygens (including phenoxy) is 3. The molecule has 0 fully saturated rings. The number of hydrogen-bond acceptors (Lipinski definition) is 6. The second-order valence-corrected chi connectivity index (χ2v) is 9.09. The highest BCUT2D eigenvalue weighted by Crippen LogP contribution is 2.36. The van der Waals surface area contributed by atoms with Crippen LogP contribution >= 0.6 is 0 Å². The number of rotatable bonds is 11. The van der Waals surface area contributed by atoms with Gasteiger partial charge >= 0.3 is 0 Å². The third kappa shape index (κ3) is 6.74. The Hall–Kier alpha value is -3.61. The maximum atomic E-state index is 13.2. The summed E-state index contributed by atoms with van der Waals surface area (Å²) in [7, 11) is 11.2. The van der Waals surface area contributed by atoms with Crippen molar-refractivity contribution in [1.29, 1.82) is 0 Å². The second kappa shape index (κ2) is 12.4. The second-order valence-electron chi connectivity index (χ2n) is 9.09. The van der Waals surface area contributed by atoms with Gasteiger partial charge in [-0.15, -0.1) is 0 Å². The minimum atomic E-state index is -0.147. The molecular formula is C30H36N2O4. The summed E-state index contributed by atoms with van der Waals surface area (Å²) in [5.41, 5.74) is 4.29. The van der Waals surface area contributed by atoms with Gasteiger partial charge in [-0.05, 0) is 88.7 Å². The molecule has 0 spiro atoms. The molecule has 0 bridgehead atoms. The molecule has 190 valence electrons. The molecule has 0 aliphatic carbocycles. The van der Waals surface area contributed by atoms with Gasteiger partial charge in [0.2, 0.25) is 0 Å². The van der Waals surface area contributed by atoms with Crippen LogP contribution in [0.25, 0.3) is 17.2 Å². The zero-order valence-electron chi connectivity index (χ0n) is 22.2. The molecular weight excluding hydrogens is 452 g/mol. The smallest absolute Gasteiger partial charge is 0.186 e. The third-order valence-electron chi connectivity index (χ3n) is 5.94. The number of carbonyl (C=O) groups is 1. The molecule has 1 atom stereocenters. The van der Waals surface area contributed by atoms with Crippen molar-refractivity contribution in [3.05, 3.63) is 83.4 Å². The van der Waals surface area contributed by atoms with Crippen LogP contribution in [0.15, 0.2) is 66.7 Å². The van der Waals surface area contributed by atoms with E-state index in [-0.39, 0.29) is 12.0 Å². The maximum Gasteiger partial charge on any atom is 0.186 e. The minimum absolute atomic E-state index is 0.0524. The van der Waals surface area contributed by atoms with Crippen molar-refractivity contribution in [2.45, 2.75) is 19.7 Å². The summed E-state index contributed by atoms with van der Waals surface area (Å²) < 4.78 is 17.2. The van der Waals surface area contributed by atoms with E-state index in [1.807, 2.05) is 107 Å². The highest BCUT2D eigenvalue weighted by atomic mass is 16.5. The largest absolute Gasteiger partial charge is 0.497 e. The van der Waals surface area contributed by atoms with Gasteiger partial charge in [-0.2, -0.15) is 0 Å². The summed E-state index contributed by atoms with van der Waals surface area (Å²) in [6.45, 7) is 2.67. The Balaban J connectivity index is 2.04. The molecule has 36 heavy (non-hydrogen) atoms. The van der Waals surface area contributed by atoms with Crippen molar-refractivity contribution in [2.24, 2.45) is 0 Å². The quantitative estimate of drug-likeness (QED) is 0.199. The molecule has 0 aromatic heterocycles. The zero-order valence-corrected chi connectivity index (χ0v) is 22.2. The third-order valence-corrected chi connectivity index (χ3v) is 5.94. The fourth-order valence-electron chi connectivity index (χ4n) is 3.78. The molecule has 0 aliphatic rings. The first kappa shape index (κ1) is 27.0. The van der Waals surface area contributed by atoms with Crippen molar-refractivity contribution in [2.75, 3.05) is 42.4 Å². The Morgan fingerprint density at radius 3 is 2.31 bits per heavy atom. The van der Waals surface area contributed by atoms with Gasteiger partial charge in [0.1, 0.15) is 23.5 Å². The highest BCUT2D eigenvalue weighted by molar-refractivity contribution is 6.08. The summed E-state index contributed by atoms with van der Waals surface area (Å²) in [4.78, 5) is 17.2. The molecule has 0 amide bonds. The van der Waals surface area contributed by atoms with E-state index in [1.54, 1.807) is 20.3 Å². The predicted molar refractivity (Wildman–Crippen MR) is 146 cm³/mol. The Morgan fingerprint density at radius 1 is 0.917 bits per heavy atom. The summed E-state index contributed by atoms with van der Waals surface area (Å²) in [5.74, 6) is 2.10. The number of carbonyl (C=O) groups excluding carboxylic acids is 1. The first-order valence-electron chi connectivity index (χ1n) is 11.9. The SMILES string of the molecule is COc1ccc(OC)c(-c2ccc(OC(C)N(C)C)c(C=CC(=O)c3ccccc3CN(C)C)c2)c1. The van der Waals surface area contributed by atoms with Gasteiger partial charge in [0.05, 0.1) is 14.2 Å². The number of hydrogen-bond donors (Lipinski definition) is 0. The van der Waals surface area contributed by atoms with E-state index in [2.05, 4.69) is 4.90 Å². The van der Waals surface area contributed by atoms with E-state index in [1.165, 1.54) is 0 Å². The molecule has 0 saturated heterocycles. The molecule has 3 aromatic rings. The Kier molecular flexibility index (Phi) is 9.28. The van der Waals surface area contributed by atoms with E-state index in [4.69, 9.17) is 14.2 Å². The van der Waals surface area contributed by atoms with Crippen LogP contribution in [0.5, 0.6) is 17.2 Å². The number of methoxy groups -OCH3 is 2. The maximum absolute atomic E-state index is 13.2. The molecule has 1 unspecified atom stereocenters. The normalized spacial score (nSPS) is 12.2. The first-order valence-corrected chi connectivity index (χ1v) is 11.9. The average molecular weight is 489 g/mol. The molecule has 0 saturated carbocycles. The van der Waals surface area contributed by atoms with Crippen molar-refractivity contribution in [1.82, 2.24) is 9.80 Å². The Bertz CT molecular complexity index is 1220. The molecule has 3 aromatic carbocycles.